The SMILES string of the molecule is CC(C)C(=O)NCCNC(=O)c1ccc(CCN)cc1. The van der Waals surface area contributed by atoms with Crippen LogP contribution in [0.4, 0.5) is 0 Å². The van der Waals surface area contributed by atoms with Gasteiger partial charge in [-0.05, 0) is 30.7 Å². The first-order valence-corrected chi connectivity index (χ1v) is 6.89. The topological polar surface area (TPSA) is 84.2 Å². The van der Waals surface area contributed by atoms with Crippen LogP contribution < -0.4 is 16.4 Å². The van der Waals surface area contributed by atoms with Crippen molar-refractivity contribution >= 4 is 11.8 Å². The predicted octanol–water partition coefficient (Wildman–Crippen LogP) is 0.690. The maximum absolute atomic E-state index is 11.8. The lowest BCUT2D eigenvalue weighted by molar-refractivity contribution is -0.123. The normalized spacial score (nSPS) is 10.4. The number of rotatable bonds is 7. The van der Waals surface area contributed by atoms with Gasteiger partial charge in [0.1, 0.15) is 0 Å². The van der Waals surface area contributed by atoms with Crippen molar-refractivity contribution in [3.63, 3.8) is 0 Å². The van der Waals surface area contributed by atoms with Crippen LogP contribution in [0.5, 0.6) is 0 Å². The minimum Gasteiger partial charge on any atom is -0.354 e. The molecule has 0 aliphatic rings. The first-order valence-electron chi connectivity index (χ1n) is 6.89. The summed E-state index contributed by atoms with van der Waals surface area (Å²) >= 11 is 0. The summed E-state index contributed by atoms with van der Waals surface area (Å²) in [5.74, 6) is -0.186. The second kappa shape index (κ2) is 8.32. The third kappa shape index (κ3) is 5.40. The Labute approximate surface area is 119 Å². The molecule has 0 aromatic heterocycles. The molecule has 0 spiro atoms. The van der Waals surface area contributed by atoms with Gasteiger partial charge in [0, 0.05) is 24.6 Å². The molecule has 0 fully saturated rings. The van der Waals surface area contributed by atoms with Crippen molar-refractivity contribution in [1.29, 1.82) is 0 Å². The van der Waals surface area contributed by atoms with E-state index in [1.807, 2.05) is 26.0 Å². The van der Waals surface area contributed by atoms with Gasteiger partial charge in [-0.15, -0.1) is 0 Å². The highest BCUT2D eigenvalue weighted by Gasteiger charge is 2.07. The molecule has 20 heavy (non-hydrogen) atoms. The largest absolute Gasteiger partial charge is 0.354 e. The predicted molar refractivity (Wildman–Crippen MR) is 79.4 cm³/mol. The lowest BCUT2D eigenvalue weighted by Gasteiger charge is -2.09. The number of hydrogen-bond donors (Lipinski definition) is 3. The highest BCUT2D eigenvalue weighted by Crippen LogP contribution is 2.04. The van der Waals surface area contributed by atoms with Gasteiger partial charge in [0.15, 0.2) is 0 Å². The van der Waals surface area contributed by atoms with Gasteiger partial charge >= 0.3 is 0 Å². The number of nitrogens with two attached hydrogens (primary N) is 1. The Morgan fingerprint density at radius 3 is 2.25 bits per heavy atom. The van der Waals surface area contributed by atoms with Crippen LogP contribution >= 0.6 is 0 Å². The second-order valence-electron chi connectivity index (χ2n) is 4.94. The Balaban J connectivity index is 2.34. The molecule has 0 aliphatic carbocycles. The molecular weight excluding hydrogens is 254 g/mol. The van der Waals surface area contributed by atoms with Crippen LogP contribution in [-0.2, 0) is 11.2 Å². The number of benzene rings is 1. The monoisotopic (exact) mass is 277 g/mol. The molecule has 4 N–H and O–H groups in total. The quantitative estimate of drug-likeness (QED) is 0.641. The fraction of sp³-hybridized carbons (Fsp3) is 0.467. The fourth-order valence-corrected chi connectivity index (χ4v) is 1.66. The van der Waals surface area contributed by atoms with E-state index in [0.717, 1.165) is 12.0 Å². The number of carbonyl (C=O) groups is 2. The van der Waals surface area contributed by atoms with Gasteiger partial charge in [0.2, 0.25) is 5.91 Å². The maximum atomic E-state index is 11.8. The molecule has 0 unspecified atom stereocenters. The van der Waals surface area contributed by atoms with Crippen molar-refractivity contribution in [2.45, 2.75) is 20.3 Å². The van der Waals surface area contributed by atoms with Crippen molar-refractivity contribution in [1.82, 2.24) is 10.6 Å². The Kier molecular flexibility index (Phi) is 6.73. The zero-order valence-corrected chi connectivity index (χ0v) is 12.1. The Morgan fingerprint density at radius 2 is 1.70 bits per heavy atom. The zero-order chi connectivity index (χ0) is 15.0. The lowest BCUT2D eigenvalue weighted by atomic mass is 10.1. The molecule has 0 aliphatic heterocycles. The van der Waals surface area contributed by atoms with Crippen LogP contribution in [0, 0.1) is 5.92 Å². The van der Waals surface area contributed by atoms with Crippen molar-refractivity contribution < 1.29 is 9.59 Å². The summed E-state index contributed by atoms with van der Waals surface area (Å²) in [4.78, 5) is 23.2. The number of nitrogens with one attached hydrogen (secondary N) is 2. The van der Waals surface area contributed by atoms with E-state index in [1.165, 1.54) is 0 Å². The summed E-state index contributed by atoms with van der Waals surface area (Å²) in [5, 5.41) is 5.51. The van der Waals surface area contributed by atoms with Gasteiger partial charge in [-0.1, -0.05) is 26.0 Å². The first kappa shape index (κ1) is 16.2. The molecule has 0 atom stereocenters. The molecule has 1 aromatic carbocycles. The van der Waals surface area contributed by atoms with E-state index >= 15 is 0 Å². The van der Waals surface area contributed by atoms with Gasteiger partial charge in [0.05, 0.1) is 0 Å². The number of amides is 2. The van der Waals surface area contributed by atoms with Gasteiger partial charge in [-0.25, -0.2) is 0 Å². The molecular formula is C15H23N3O2. The van der Waals surface area contributed by atoms with Crippen molar-refractivity contribution in [3.8, 4) is 0 Å². The maximum Gasteiger partial charge on any atom is 0.251 e. The fourth-order valence-electron chi connectivity index (χ4n) is 1.66. The van der Waals surface area contributed by atoms with E-state index in [-0.39, 0.29) is 17.7 Å². The Hall–Kier alpha value is -1.88. The summed E-state index contributed by atoms with van der Waals surface area (Å²) in [7, 11) is 0. The molecule has 2 amide bonds. The van der Waals surface area contributed by atoms with Crippen molar-refractivity contribution in [3.05, 3.63) is 35.4 Å². The average Bonchev–Trinajstić information content (AvgIpc) is 2.44. The Morgan fingerprint density at radius 1 is 1.10 bits per heavy atom. The molecule has 5 heteroatoms. The van der Waals surface area contributed by atoms with Gasteiger partial charge in [0.25, 0.3) is 5.91 Å². The molecule has 110 valence electrons. The molecule has 0 radical (unpaired) electrons. The van der Waals surface area contributed by atoms with Crippen LogP contribution in [-0.4, -0.2) is 31.4 Å². The molecule has 1 aromatic rings. The van der Waals surface area contributed by atoms with Crippen LogP contribution in [0.1, 0.15) is 29.8 Å². The Bertz CT molecular complexity index is 441. The lowest BCUT2D eigenvalue weighted by Crippen LogP contribution is -2.36. The standard InChI is InChI=1S/C15H23N3O2/c1-11(2)14(19)17-9-10-18-15(20)13-5-3-12(4-6-13)7-8-16/h3-6,11H,7-10,16H2,1-2H3,(H,17,19)(H,18,20). The summed E-state index contributed by atoms with van der Waals surface area (Å²) in [6.07, 6.45) is 0.809. The van der Waals surface area contributed by atoms with Crippen LogP contribution in [0.15, 0.2) is 24.3 Å². The van der Waals surface area contributed by atoms with Gasteiger partial charge in [-0.2, -0.15) is 0 Å². The van der Waals surface area contributed by atoms with Gasteiger partial charge < -0.3 is 16.4 Å². The molecule has 0 saturated heterocycles. The molecule has 1 rings (SSSR count). The third-order valence-electron chi connectivity index (χ3n) is 2.88. The first-order chi connectivity index (χ1) is 9.54. The highest BCUT2D eigenvalue weighted by atomic mass is 16.2. The van der Waals surface area contributed by atoms with E-state index < -0.39 is 0 Å². The molecule has 0 bridgehead atoms. The van der Waals surface area contributed by atoms with E-state index in [4.69, 9.17) is 5.73 Å². The van der Waals surface area contributed by atoms with E-state index in [1.54, 1.807) is 12.1 Å². The number of hydrogen-bond acceptors (Lipinski definition) is 3. The highest BCUT2D eigenvalue weighted by molar-refractivity contribution is 5.94. The minimum absolute atomic E-state index is 0.00890. The second-order valence-corrected chi connectivity index (χ2v) is 4.94. The van der Waals surface area contributed by atoms with Crippen molar-refractivity contribution in [2.24, 2.45) is 11.7 Å². The van der Waals surface area contributed by atoms with E-state index in [9.17, 15) is 9.59 Å². The number of carbonyl (C=O) groups excluding carboxylic acids is 2. The van der Waals surface area contributed by atoms with Crippen LogP contribution in [0.2, 0.25) is 0 Å². The minimum atomic E-state index is -0.136. The zero-order valence-electron chi connectivity index (χ0n) is 12.1. The molecule has 0 heterocycles. The van der Waals surface area contributed by atoms with Crippen LogP contribution in [0.3, 0.4) is 0 Å². The smallest absolute Gasteiger partial charge is 0.251 e. The van der Waals surface area contributed by atoms with E-state index in [0.29, 0.717) is 25.2 Å². The molecule has 5 nitrogen and oxygen atoms in total. The van der Waals surface area contributed by atoms with Crippen molar-refractivity contribution in [2.75, 3.05) is 19.6 Å². The average molecular weight is 277 g/mol. The third-order valence-corrected chi connectivity index (χ3v) is 2.88. The van der Waals surface area contributed by atoms with Gasteiger partial charge in [-0.3, -0.25) is 9.59 Å². The van der Waals surface area contributed by atoms with E-state index in [2.05, 4.69) is 10.6 Å². The molecule has 0 saturated carbocycles. The van der Waals surface area contributed by atoms with Crippen LogP contribution in [0.25, 0.3) is 0 Å². The summed E-state index contributed by atoms with van der Waals surface area (Å²) in [6.45, 7) is 5.12. The summed E-state index contributed by atoms with van der Waals surface area (Å²) < 4.78 is 0. The summed E-state index contributed by atoms with van der Waals surface area (Å²) in [5.41, 5.74) is 7.20. The summed E-state index contributed by atoms with van der Waals surface area (Å²) in [6, 6.07) is 7.38.